The molecule has 0 aliphatic rings. The minimum Gasteiger partial charge on any atom is -0.463 e. The maximum absolute atomic E-state index is 11.9. The first-order chi connectivity index (χ1) is 9.51. The van der Waals surface area contributed by atoms with Crippen molar-refractivity contribution in [2.45, 2.75) is 20.0 Å². The zero-order chi connectivity index (χ0) is 14.7. The average molecular weight is 277 g/mol. The van der Waals surface area contributed by atoms with Crippen LogP contribution in [0.1, 0.15) is 24.4 Å². The summed E-state index contributed by atoms with van der Waals surface area (Å²) in [5.41, 5.74) is 6.73. The molecule has 0 aliphatic carbocycles. The van der Waals surface area contributed by atoms with Crippen LogP contribution in [0.5, 0.6) is 0 Å². The molecular formula is C14H15NO5. The lowest BCUT2D eigenvalue weighted by Crippen LogP contribution is -2.26. The fourth-order valence-electron chi connectivity index (χ4n) is 1.69. The van der Waals surface area contributed by atoms with Crippen LogP contribution < -0.4 is 5.73 Å². The van der Waals surface area contributed by atoms with E-state index < -0.39 is 18.0 Å². The molecule has 2 N–H and O–H groups in total. The number of furan rings is 1. The Morgan fingerprint density at radius 1 is 1.35 bits per heavy atom. The van der Waals surface area contributed by atoms with Gasteiger partial charge in [0, 0.05) is 11.1 Å². The van der Waals surface area contributed by atoms with Crippen molar-refractivity contribution in [3.63, 3.8) is 0 Å². The standard InChI is InChI=1S/C14H15NO5/c1-3-18-13(16)8(2)19-14(17)12-7-9-6-10(15)4-5-11(9)20-12/h4-8H,3,15H2,1-2H3. The Hall–Kier alpha value is -2.50. The number of fused-ring (bicyclic) bond motifs is 1. The van der Waals surface area contributed by atoms with Gasteiger partial charge in [-0.2, -0.15) is 0 Å². The molecule has 0 fully saturated rings. The normalized spacial score (nSPS) is 12.1. The number of nitrogens with two attached hydrogens (primary N) is 1. The smallest absolute Gasteiger partial charge is 0.375 e. The minimum absolute atomic E-state index is 0.0155. The molecule has 0 saturated carbocycles. The third-order valence-electron chi connectivity index (χ3n) is 2.64. The Morgan fingerprint density at radius 3 is 2.80 bits per heavy atom. The quantitative estimate of drug-likeness (QED) is 0.679. The fraction of sp³-hybridized carbons (Fsp3) is 0.286. The summed E-state index contributed by atoms with van der Waals surface area (Å²) < 4.78 is 15.1. The number of ether oxygens (including phenoxy) is 2. The largest absolute Gasteiger partial charge is 0.463 e. The molecule has 2 rings (SSSR count). The van der Waals surface area contributed by atoms with Crippen molar-refractivity contribution >= 4 is 28.6 Å². The lowest BCUT2D eigenvalue weighted by atomic mass is 10.2. The van der Waals surface area contributed by atoms with Crippen LogP contribution in [-0.4, -0.2) is 24.6 Å². The van der Waals surface area contributed by atoms with E-state index in [0.717, 1.165) is 0 Å². The number of nitrogen functional groups attached to an aromatic ring is 1. The van der Waals surface area contributed by atoms with E-state index in [1.165, 1.54) is 13.0 Å². The molecule has 0 spiro atoms. The highest BCUT2D eigenvalue weighted by atomic mass is 16.6. The van der Waals surface area contributed by atoms with Crippen LogP contribution in [0.2, 0.25) is 0 Å². The first-order valence-electron chi connectivity index (χ1n) is 6.18. The number of carbonyl (C=O) groups is 2. The monoisotopic (exact) mass is 277 g/mol. The lowest BCUT2D eigenvalue weighted by Gasteiger charge is -2.10. The van der Waals surface area contributed by atoms with Gasteiger partial charge in [-0.05, 0) is 38.1 Å². The van der Waals surface area contributed by atoms with E-state index in [9.17, 15) is 9.59 Å². The molecule has 20 heavy (non-hydrogen) atoms. The van der Waals surface area contributed by atoms with Gasteiger partial charge in [0.1, 0.15) is 5.58 Å². The first kappa shape index (κ1) is 13.9. The van der Waals surface area contributed by atoms with Crippen molar-refractivity contribution in [2.24, 2.45) is 0 Å². The highest BCUT2D eigenvalue weighted by Gasteiger charge is 2.22. The molecule has 6 nitrogen and oxygen atoms in total. The topological polar surface area (TPSA) is 91.8 Å². The fourth-order valence-corrected chi connectivity index (χ4v) is 1.69. The van der Waals surface area contributed by atoms with Crippen molar-refractivity contribution in [3.8, 4) is 0 Å². The van der Waals surface area contributed by atoms with Crippen LogP contribution in [0, 0.1) is 0 Å². The maximum Gasteiger partial charge on any atom is 0.375 e. The molecule has 0 saturated heterocycles. The van der Waals surface area contributed by atoms with Gasteiger partial charge in [0.05, 0.1) is 6.61 Å². The summed E-state index contributed by atoms with van der Waals surface area (Å²) in [5, 5.41) is 0.695. The van der Waals surface area contributed by atoms with Gasteiger partial charge in [-0.1, -0.05) is 0 Å². The van der Waals surface area contributed by atoms with Gasteiger partial charge >= 0.3 is 11.9 Å². The average Bonchev–Trinajstić information content (AvgIpc) is 2.81. The molecule has 1 atom stereocenters. The molecule has 1 aromatic heterocycles. The van der Waals surface area contributed by atoms with E-state index >= 15 is 0 Å². The number of hydrogen-bond acceptors (Lipinski definition) is 6. The van der Waals surface area contributed by atoms with Crippen LogP contribution in [0.4, 0.5) is 5.69 Å². The molecule has 2 aromatic rings. The molecule has 0 aliphatic heterocycles. The third-order valence-corrected chi connectivity index (χ3v) is 2.64. The Morgan fingerprint density at radius 2 is 2.10 bits per heavy atom. The van der Waals surface area contributed by atoms with E-state index in [4.69, 9.17) is 19.6 Å². The summed E-state index contributed by atoms with van der Waals surface area (Å²) in [6, 6.07) is 6.54. The van der Waals surface area contributed by atoms with Gasteiger partial charge in [0.25, 0.3) is 0 Å². The van der Waals surface area contributed by atoms with E-state index in [2.05, 4.69) is 0 Å². The molecule has 106 valence electrons. The van der Waals surface area contributed by atoms with Crippen molar-refractivity contribution in [2.75, 3.05) is 12.3 Å². The molecular weight excluding hydrogens is 262 g/mol. The van der Waals surface area contributed by atoms with Crippen LogP contribution in [0.15, 0.2) is 28.7 Å². The second-order valence-corrected chi connectivity index (χ2v) is 4.21. The van der Waals surface area contributed by atoms with Crippen LogP contribution in [0.25, 0.3) is 11.0 Å². The second kappa shape index (κ2) is 5.64. The Labute approximate surface area is 115 Å². The first-order valence-corrected chi connectivity index (χ1v) is 6.18. The Balaban J connectivity index is 2.13. The van der Waals surface area contributed by atoms with Gasteiger partial charge in [0.2, 0.25) is 5.76 Å². The molecule has 1 aromatic carbocycles. The number of esters is 2. The van der Waals surface area contributed by atoms with Crippen molar-refractivity contribution in [1.82, 2.24) is 0 Å². The number of benzene rings is 1. The predicted molar refractivity (Wildman–Crippen MR) is 72.1 cm³/mol. The summed E-state index contributed by atoms with van der Waals surface area (Å²) in [6.45, 7) is 3.34. The van der Waals surface area contributed by atoms with Gasteiger partial charge in [-0.25, -0.2) is 9.59 Å². The maximum atomic E-state index is 11.9. The van der Waals surface area contributed by atoms with Gasteiger partial charge in [-0.15, -0.1) is 0 Å². The van der Waals surface area contributed by atoms with Crippen LogP contribution in [-0.2, 0) is 14.3 Å². The zero-order valence-electron chi connectivity index (χ0n) is 11.2. The lowest BCUT2D eigenvalue weighted by molar-refractivity contribution is -0.152. The van der Waals surface area contributed by atoms with E-state index in [1.807, 2.05) is 0 Å². The molecule has 1 unspecified atom stereocenters. The number of hydrogen-bond donors (Lipinski definition) is 1. The van der Waals surface area contributed by atoms with Gasteiger partial charge < -0.3 is 19.6 Å². The highest BCUT2D eigenvalue weighted by molar-refractivity contribution is 5.94. The van der Waals surface area contributed by atoms with E-state index in [1.54, 1.807) is 25.1 Å². The number of carbonyl (C=O) groups excluding carboxylic acids is 2. The van der Waals surface area contributed by atoms with Crippen LogP contribution in [0.3, 0.4) is 0 Å². The van der Waals surface area contributed by atoms with E-state index in [-0.39, 0.29) is 12.4 Å². The number of anilines is 1. The Bertz CT molecular complexity index is 646. The van der Waals surface area contributed by atoms with E-state index in [0.29, 0.717) is 16.7 Å². The summed E-state index contributed by atoms with van der Waals surface area (Å²) >= 11 is 0. The molecule has 0 amide bonds. The van der Waals surface area contributed by atoms with Gasteiger partial charge in [-0.3, -0.25) is 0 Å². The van der Waals surface area contributed by atoms with Crippen molar-refractivity contribution < 1.29 is 23.5 Å². The third kappa shape index (κ3) is 2.90. The molecule has 0 bridgehead atoms. The predicted octanol–water partition coefficient (Wildman–Crippen LogP) is 2.12. The SMILES string of the molecule is CCOC(=O)C(C)OC(=O)c1cc2cc(N)ccc2o1. The molecule has 6 heteroatoms. The summed E-state index contributed by atoms with van der Waals surface area (Å²) in [7, 11) is 0. The molecule has 0 radical (unpaired) electrons. The minimum atomic E-state index is -0.985. The highest BCUT2D eigenvalue weighted by Crippen LogP contribution is 2.22. The van der Waals surface area contributed by atoms with Crippen molar-refractivity contribution in [3.05, 3.63) is 30.0 Å². The summed E-state index contributed by atoms with van der Waals surface area (Å²) in [6.07, 6.45) is -0.985. The van der Waals surface area contributed by atoms with Crippen molar-refractivity contribution in [1.29, 1.82) is 0 Å². The molecule has 1 heterocycles. The zero-order valence-corrected chi connectivity index (χ0v) is 11.2. The number of rotatable bonds is 4. The summed E-state index contributed by atoms with van der Waals surface area (Å²) in [5.74, 6) is -1.30. The summed E-state index contributed by atoms with van der Waals surface area (Å²) in [4.78, 5) is 23.2. The Kier molecular flexibility index (Phi) is 3.93. The van der Waals surface area contributed by atoms with Crippen LogP contribution >= 0.6 is 0 Å². The second-order valence-electron chi connectivity index (χ2n) is 4.21. The van der Waals surface area contributed by atoms with Gasteiger partial charge in [0.15, 0.2) is 6.10 Å².